The summed E-state index contributed by atoms with van der Waals surface area (Å²) in [6.45, 7) is 5.41. The second kappa shape index (κ2) is 6.16. The number of carbonyl (C=O) groups is 1. The molecule has 0 bridgehead atoms. The Balaban J connectivity index is 1.67. The minimum Gasteiger partial charge on any atom is -0.475 e. The van der Waals surface area contributed by atoms with E-state index in [1.165, 1.54) is 4.90 Å². The Morgan fingerprint density at radius 1 is 1.28 bits per heavy atom. The summed E-state index contributed by atoms with van der Waals surface area (Å²) in [5.74, 6) is 1.16. The lowest BCUT2D eigenvalue weighted by atomic mass is 10.0. The van der Waals surface area contributed by atoms with Crippen LogP contribution in [0.3, 0.4) is 0 Å². The number of amides is 1. The van der Waals surface area contributed by atoms with E-state index in [1.807, 2.05) is 38.2 Å². The Morgan fingerprint density at radius 2 is 2.16 bits per heavy atom. The molecule has 0 radical (unpaired) electrons. The van der Waals surface area contributed by atoms with Gasteiger partial charge in [0, 0.05) is 35.2 Å². The number of carbonyl (C=O) groups excluding carboxylic acids is 1. The second-order valence-electron chi connectivity index (χ2n) is 6.18. The number of hydrogen-bond acceptors (Lipinski definition) is 6. The van der Waals surface area contributed by atoms with Gasteiger partial charge in [0.25, 0.3) is 0 Å². The van der Waals surface area contributed by atoms with Crippen LogP contribution in [-0.2, 0) is 11.3 Å². The van der Waals surface area contributed by atoms with Crippen LogP contribution in [0.25, 0.3) is 0 Å². The molecular formula is C18H18N4O3. The van der Waals surface area contributed by atoms with Crippen molar-refractivity contribution >= 4 is 17.6 Å². The van der Waals surface area contributed by atoms with Crippen LogP contribution in [0.15, 0.2) is 35.6 Å². The Labute approximate surface area is 145 Å². The van der Waals surface area contributed by atoms with Crippen LogP contribution in [0.1, 0.15) is 30.5 Å². The lowest BCUT2D eigenvalue weighted by Gasteiger charge is -2.13. The number of fused-ring (bicyclic) bond motifs is 1. The first-order chi connectivity index (χ1) is 12.1. The third-order valence-corrected chi connectivity index (χ3v) is 4.04. The molecule has 2 aliphatic rings. The van der Waals surface area contributed by atoms with Gasteiger partial charge in [-0.2, -0.15) is 0 Å². The Morgan fingerprint density at radius 3 is 2.92 bits per heavy atom. The number of pyridine rings is 2. The minimum atomic E-state index is -0.366. The molecule has 0 atom stereocenters. The summed E-state index contributed by atoms with van der Waals surface area (Å²) in [5.41, 5.74) is 3.84. The maximum Gasteiger partial charge on any atom is 0.415 e. The third kappa shape index (κ3) is 2.93. The van der Waals surface area contributed by atoms with Crippen LogP contribution in [0.2, 0.25) is 0 Å². The van der Waals surface area contributed by atoms with Gasteiger partial charge in [0.15, 0.2) is 0 Å². The number of nitrogens with zero attached hydrogens (tertiary/aromatic N) is 4. The molecule has 128 valence electrons. The molecule has 7 nitrogen and oxygen atoms in total. The number of anilines is 1. The van der Waals surface area contributed by atoms with Crippen LogP contribution in [0, 0.1) is 0 Å². The zero-order valence-corrected chi connectivity index (χ0v) is 14.1. The number of aliphatic imine (C=N–C) groups is 1. The van der Waals surface area contributed by atoms with Gasteiger partial charge < -0.3 is 9.47 Å². The van der Waals surface area contributed by atoms with E-state index in [0.29, 0.717) is 31.4 Å². The number of aromatic nitrogens is 2. The minimum absolute atomic E-state index is 0.0565. The maximum absolute atomic E-state index is 11.8. The lowest BCUT2D eigenvalue weighted by molar-refractivity contribution is 0.181. The molecule has 4 rings (SSSR count). The average Bonchev–Trinajstić information content (AvgIpc) is 3.20. The zero-order chi connectivity index (χ0) is 17.4. The number of hydrogen-bond donors (Lipinski definition) is 0. The Bertz CT molecular complexity index is 863. The summed E-state index contributed by atoms with van der Waals surface area (Å²) < 4.78 is 10.7. The van der Waals surface area contributed by atoms with E-state index in [9.17, 15) is 4.79 Å². The van der Waals surface area contributed by atoms with Crippen molar-refractivity contribution in [3.8, 4) is 5.88 Å². The van der Waals surface area contributed by atoms with Gasteiger partial charge in [0.1, 0.15) is 12.4 Å². The van der Waals surface area contributed by atoms with E-state index in [1.54, 1.807) is 6.20 Å². The third-order valence-electron chi connectivity index (χ3n) is 4.04. The highest BCUT2D eigenvalue weighted by Gasteiger charge is 2.26. The lowest BCUT2D eigenvalue weighted by Crippen LogP contribution is -2.24. The summed E-state index contributed by atoms with van der Waals surface area (Å²) in [6, 6.07) is 5.68. The molecule has 2 aromatic rings. The highest BCUT2D eigenvalue weighted by molar-refractivity contribution is 6.15. The molecule has 0 unspecified atom stereocenters. The van der Waals surface area contributed by atoms with Gasteiger partial charge in [0.05, 0.1) is 24.9 Å². The van der Waals surface area contributed by atoms with Crippen LogP contribution >= 0.6 is 0 Å². The van der Waals surface area contributed by atoms with Crippen LogP contribution < -0.4 is 9.64 Å². The van der Waals surface area contributed by atoms with Crippen molar-refractivity contribution < 1.29 is 14.3 Å². The molecule has 0 aliphatic carbocycles. The molecule has 0 saturated carbocycles. The molecule has 2 aromatic heterocycles. The van der Waals surface area contributed by atoms with Crippen molar-refractivity contribution in [3.05, 3.63) is 47.3 Å². The zero-order valence-electron chi connectivity index (χ0n) is 14.1. The van der Waals surface area contributed by atoms with E-state index in [0.717, 1.165) is 22.4 Å². The first-order valence-corrected chi connectivity index (χ1v) is 8.23. The first-order valence-electron chi connectivity index (χ1n) is 8.23. The maximum atomic E-state index is 11.8. The fourth-order valence-electron chi connectivity index (χ4n) is 2.93. The van der Waals surface area contributed by atoms with E-state index >= 15 is 0 Å². The number of cyclic esters (lactones) is 1. The van der Waals surface area contributed by atoms with Gasteiger partial charge in [-0.3, -0.25) is 9.89 Å². The molecule has 4 heterocycles. The first kappa shape index (κ1) is 15.6. The van der Waals surface area contributed by atoms with Gasteiger partial charge in [-0.1, -0.05) is 0 Å². The molecule has 1 amide bonds. The van der Waals surface area contributed by atoms with Crippen molar-refractivity contribution in [3.63, 3.8) is 0 Å². The largest absolute Gasteiger partial charge is 0.475 e. The quantitative estimate of drug-likeness (QED) is 0.856. The normalized spacial score (nSPS) is 16.0. The van der Waals surface area contributed by atoms with Crippen LogP contribution in [-0.4, -0.2) is 41.0 Å². The fourth-order valence-corrected chi connectivity index (χ4v) is 2.93. The van der Waals surface area contributed by atoms with Gasteiger partial charge in [-0.25, -0.2) is 14.8 Å². The van der Waals surface area contributed by atoms with Gasteiger partial charge in [-0.15, -0.1) is 0 Å². The molecule has 0 N–H and O–H groups in total. The molecule has 7 heteroatoms. The van der Waals surface area contributed by atoms with E-state index in [-0.39, 0.29) is 12.2 Å². The van der Waals surface area contributed by atoms with Gasteiger partial charge >= 0.3 is 6.09 Å². The predicted octanol–water partition coefficient (Wildman–Crippen LogP) is 2.57. The van der Waals surface area contributed by atoms with Crippen molar-refractivity contribution in [2.75, 3.05) is 18.1 Å². The number of rotatable bonds is 4. The molecule has 2 aliphatic heterocycles. The van der Waals surface area contributed by atoms with Crippen LogP contribution in [0.5, 0.6) is 5.88 Å². The standard InChI is InChI=1S/C18H18N4O3/c1-11(2)25-16-8-14-13(9-20-16)10-21-17(14)12-3-4-19-15(7-12)22-5-6-24-18(22)23/h3-4,7-9,11H,5-6,10H2,1-2H3. The fraction of sp³-hybridized carbons (Fsp3) is 0.333. The SMILES string of the molecule is CC(C)Oc1cc2c(cn1)CN=C2c1ccnc(N2CCOC2=O)c1. The molecular weight excluding hydrogens is 320 g/mol. The summed E-state index contributed by atoms with van der Waals surface area (Å²) in [6.07, 6.45) is 3.18. The Hall–Kier alpha value is -2.96. The van der Waals surface area contributed by atoms with E-state index in [2.05, 4.69) is 15.0 Å². The molecule has 1 fully saturated rings. The average molecular weight is 338 g/mol. The topological polar surface area (TPSA) is 76.9 Å². The monoisotopic (exact) mass is 338 g/mol. The molecule has 0 aromatic carbocycles. The highest BCUT2D eigenvalue weighted by Crippen LogP contribution is 2.27. The second-order valence-corrected chi connectivity index (χ2v) is 6.18. The van der Waals surface area contributed by atoms with Crippen molar-refractivity contribution in [2.45, 2.75) is 26.5 Å². The predicted molar refractivity (Wildman–Crippen MR) is 92.3 cm³/mol. The number of ether oxygens (including phenoxy) is 2. The molecule has 1 saturated heterocycles. The van der Waals surface area contributed by atoms with Crippen LogP contribution in [0.4, 0.5) is 10.6 Å². The van der Waals surface area contributed by atoms with Crippen molar-refractivity contribution in [2.24, 2.45) is 4.99 Å². The molecule has 0 spiro atoms. The van der Waals surface area contributed by atoms with E-state index < -0.39 is 0 Å². The smallest absolute Gasteiger partial charge is 0.415 e. The van der Waals surface area contributed by atoms with Crippen molar-refractivity contribution in [1.82, 2.24) is 9.97 Å². The van der Waals surface area contributed by atoms with Crippen molar-refractivity contribution in [1.29, 1.82) is 0 Å². The highest BCUT2D eigenvalue weighted by atomic mass is 16.6. The summed E-state index contributed by atoms with van der Waals surface area (Å²) in [5, 5.41) is 0. The van der Waals surface area contributed by atoms with E-state index in [4.69, 9.17) is 9.47 Å². The Kier molecular flexibility index (Phi) is 3.83. The summed E-state index contributed by atoms with van der Waals surface area (Å²) >= 11 is 0. The summed E-state index contributed by atoms with van der Waals surface area (Å²) in [7, 11) is 0. The van der Waals surface area contributed by atoms with Gasteiger partial charge in [-0.05, 0) is 26.0 Å². The summed E-state index contributed by atoms with van der Waals surface area (Å²) in [4.78, 5) is 26.5. The molecule has 25 heavy (non-hydrogen) atoms. The van der Waals surface area contributed by atoms with Gasteiger partial charge in [0.2, 0.25) is 5.88 Å².